The molecule has 0 spiro atoms. The van der Waals surface area contributed by atoms with Crippen LogP contribution in [0.25, 0.3) is 22.3 Å². The third-order valence-electron chi connectivity index (χ3n) is 3.39. The van der Waals surface area contributed by atoms with Gasteiger partial charge in [0.15, 0.2) is 11.5 Å². The molecule has 0 amide bonds. The summed E-state index contributed by atoms with van der Waals surface area (Å²) in [5.74, 6) is -0.00971. The first kappa shape index (κ1) is 13.1. The molecule has 0 fully saturated rings. The van der Waals surface area contributed by atoms with Crippen LogP contribution in [-0.4, -0.2) is 15.3 Å². The zero-order valence-corrected chi connectivity index (χ0v) is 11.2. The second kappa shape index (κ2) is 5.21. The summed E-state index contributed by atoms with van der Waals surface area (Å²) in [5.41, 5.74) is 3.85. The lowest BCUT2D eigenvalue weighted by Crippen LogP contribution is -1.80. The van der Waals surface area contributed by atoms with E-state index in [1.54, 1.807) is 18.2 Å². The highest BCUT2D eigenvalue weighted by atomic mass is 16.3. The van der Waals surface area contributed by atoms with E-state index in [9.17, 15) is 15.3 Å². The molecule has 3 nitrogen and oxygen atoms in total. The number of rotatable bonds is 2. The maximum Gasteiger partial charge on any atom is 0.158 e. The van der Waals surface area contributed by atoms with Crippen LogP contribution < -0.4 is 0 Å². The van der Waals surface area contributed by atoms with Gasteiger partial charge >= 0.3 is 0 Å². The van der Waals surface area contributed by atoms with Crippen LogP contribution in [0, 0.1) is 0 Å². The summed E-state index contributed by atoms with van der Waals surface area (Å²) in [4.78, 5) is 0. The van der Waals surface area contributed by atoms with E-state index in [0.29, 0.717) is 0 Å². The third-order valence-corrected chi connectivity index (χ3v) is 3.39. The first-order chi connectivity index (χ1) is 10.1. The fourth-order valence-electron chi connectivity index (χ4n) is 2.21. The van der Waals surface area contributed by atoms with E-state index in [1.165, 1.54) is 12.1 Å². The van der Waals surface area contributed by atoms with Crippen LogP contribution in [0.3, 0.4) is 0 Å². The Balaban J connectivity index is 1.93. The van der Waals surface area contributed by atoms with Crippen molar-refractivity contribution in [1.82, 2.24) is 0 Å². The molecule has 0 atom stereocenters. The maximum atomic E-state index is 9.55. The second-order valence-electron chi connectivity index (χ2n) is 4.83. The minimum absolute atomic E-state index is 0.125. The van der Waals surface area contributed by atoms with Gasteiger partial charge in [-0.3, -0.25) is 0 Å². The summed E-state index contributed by atoms with van der Waals surface area (Å²) >= 11 is 0. The average Bonchev–Trinajstić information content (AvgIpc) is 2.51. The van der Waals surface area contributed by atoms with Gasteiger partial charge in [0.25, 0.3) is 0 Å². The predicted molar refractivity (Wildman–Crippen MR) is 82.3 cm³/mol. The zero-order chi connectivity index (χ0) is 14.8. The van der Waals surface area contributed by atoms with Crippen LogP contribution in [0.2, 0.25) is 0 Å². The summed E-state index contributed by atoms with van der Waals surface area (Å²) in [6.45, 7) is 0. The Morgan fingerprint density at radius 3 is 1.38 bits per heavy atom. The van der Waals surface area contributed by atoms with Gasteiger partial charge < -0.3 is 15.3 Å². The van der Waals surface area contributed by atoms with Gasteiger partial charge in [0.1, 0.15) is 5.75 Å². The smallest absolute Gasteiger partial charge is 0.158 e. The Bertz CT molecular complexity index is 759. The quantitative estimate of drug-likeness (QED) is 0.617. The van der Waals surface area contributed by atoms with Crippen molar-refractivity contribution in [2.45, 2.75) is 0 Å². The molecule has 21 heavy (non-hydrogen) atoms. The molecule has 3 aromatic carbocycles. The number of hydrogen-bond acceptors (Lipinski definition) is 3. The van der Waals surface area contributed by atoms with Crippen molar-refractivity contribution in [3.63, 3.8) is 0 Å². The summed E-state index contributed by atoms with van der Waals surface area (Å²) in [6, 6.07) is 19.6. The SMILES string of the molecule is Oc1ccc(-c2ccc(-c3ccc(O)c(O)c3)cc2)cc1. The van der Waals surface area contributed by atoms with Crippen molar-refractivity contribution in [1.29, 1.82) is 0 Å². The molecule has 0 unspecified atom stereocenters. The van der Waals surface area contributed by atoms with E-state index in [-0.39, 0.29) is 17.2 Å². The summed E-state index contributed by atoms with van der Waals surface area (Å²) in [5, 5.41) is 28.2. The van der Waals surface area contributed by atoms with Crippen molar-refractivity contribution < 1.29 is 15.3 Å². The van der Waals surface area contributed by atoms with Crippen LogP contribution in [0.15, 0.2) is 66.7 Å². The van der Waals surface area contributed by atoms with Crippen LogP contribution in [0.5, 0.6) is 17.2 Å². The van der Waals surface area contributed by atoms with Gasteiger partial charge in [-0.2, -0.15) is 0 Å². The molecular formula is C18H14O3. The Labute approximate surface area is 122 Å². The Morgan fingerprint density at radius 1 is 0.429 bits per heavy atom. The highest BCUT2D eigenvalue weighted by molar-refractivity contribution is 5.72. The molecule has 0 aliphatic carbocycles. The molecule has 0 saturated heterocycles. The Kier molecular flexibility index (Phi) is 3.24. The predicted octanol–water partition coefficient (Wildman–Crippen LogP) is 4.14. The van der Waals surface area contributed by atoms with Crippen molar-refractivity contribution >= 4 is 0 Å². The van der Waals surface area contributed by atoms with Crippen LogP contribution in [-0.2, 0) is 0 Å². The van der Waals surface area contributed by atoms with E-state index < -0.39 is 0 Å². The number of benzene rings is 3. The van der Waals surface area contributed by atoms with Gasteiger partial charge in [0.05, 0.1) is 0 Å². The van der Waals surface area contributed by atoms with Crippen LogP contribution >= 0.6 is 0 Å². The summed E-state index contributed by atoms with van der Waals surface area (Å²) < 4.78 is 0. The number of hydrogen-bond donors (Lipinski definition) is 3. The first-order valence-electron chi connectivity index (χ1n) is 6.55. The van der Waals surface area contributed by atoms with Gasteiger partial charge in [-0.15, -0.1) is 0 Å². The standard InChI is InChI=1S/C18H14O3/c19-16-8-5-13(6-9-16)12-1-3-14(4-2-12)15-7-10-17(20)18(21)11-15/h1-11,19-21H. The van der Waals surface area contributed by atoms with Crippen molar-refractivity contribution in [2.24, 2.45) is 0 Å². The highest BCUT2D eigenvalue weighted by Gasteiger charge is 2.04. The lowest BCUT2D eigenvalue weighted by molar-refractivity contribution is 0.404. The van der Waals surface area contributed by atoms with E-state index >= 15 is 0 Å². The molecule has 104 valence electrons. The van der Waals surface area contributed by atoms with Gasteiger partial charge in [0.2, 0.25) is 0 Å². The molecule has 0 radical (unpaired) electrons. The molecule has 3 rings (SSSR count). The van der Waals surface area contributed by atoms with Gasteiger partial charge in [0, 0.05) is 0 Å². The number of phenols is 3. The first-order valence-corrected chi connectivity index (χ1v) is 6.55. The largest absolute Gasteiger partial charge is 0.508 e. The zero-order valence-electron chi connectivity index (χ0n) is 11.2. The summed E-state index contributed by atoms with van der Waals surface area (Å²) in [6.07, 6.45) is 0. The summed E-state index contributed by atoms with van der Waals surface area (Å²) in [7, 11) is 0. The fourth-order valence-corrected chi connectivity index (χ4v) is 2.21. The molecular weight excluding hydrogens is 264 g/mol. The normalized spacial score (nSPS) is 10.5. The minimum atomic E-state index is -0.130. The Hall–Kier alpha value is -2.94. The highest BCUT2D eigenvalue weighted by Crippen LogP contribution is 2.31. The molecule has 3 N–H and O–H groups in total. The maximum absolute atomic E-state index is 9.55. The van der Waals surface area contributed by atoms with E-state index in [2.05, 4.69) is 0 Å². The lowest BCUT2D eigenvalue weighted by Gasteiger charge is -2.06. The Morgan fingerprint density at radius 2 is 0.857 bits per heavy atom. The van der Waals surface area contributed by atoms with Crippen molar-refractivity contribution in [3.8, 4) is 39.5 Å². The lowest BCUT2D eigenvalue weighted by atomic mass is 10.00. The van der Waals surface area contributed by atoms with Gasteiger partial charge in [-0.25, -0.2) is 0 Å². The second-order valence-corrected chi connectivity index (χ2v) is 4.83. The topological polar surface area (TPSA) is 60.7 Å². The van der Waals surface area contributed by atoms with E-state index in [0.717, 1.165) is 22.3 Å². The molecule has 0 aromatic heterocycles. The molecule has 0 aliphatic rings. The van der Waals surface area contributed by atoms with Gasteiger partial charge in [-0.05, 0) is 46.5 Å². The van der Waals surface area contributed by atoms with Crippen molar-refractivity contribution in [3.05, 3.63) is 66.7 Å². The van der Waals surface area contributed by atoms with E-state index in [1.807, 2.05) is 36.4 Å². The average molecular weight is 278 g/mol. The van der Waals surface area contributed by atoms with Crippen molar-refractivity contribution in [2.75, 3.05) is 0 Å². The van der Waals surface area contributed by atoms with Gasteiger partial charge in [-0.1, -0.05) is 42.5 Å². The molecule has 0 heterocycles. The number of phenolic OH excluding ortho intramolecular Hbond substituents is 3. The molecule has 0 bridgehead atoms. The molecule has 3 heteroatoms. The minimum Gasteiger partial charge on any atom is -0.508 e. The van der Waals surface area contributed by atoms with E-state index in [4.69, 9.17) is 0 Å². The van der Waals surface area contributed by atoms with Crippen LogP contribution in [0.4, 0.5) is 0 Å². The molecule has 3 aromatic rings. The third kappa shape index (κ3) is 2.67. The van der Waals surface area contributed by atoms with Crippen LogP contribution in [0.1, 0.15) is 0 Å². The molecule has 0 aliphatic heterocycles. The number of aromatic hydroxyl groups is 3. The monoisotopic (exact) mass is 278 g/mol. The fraction of sp³-hybridized carbons (Fsp3) is 0. The molecule has 0 saturated carbocycles.